The lowest BCUT2D eigenvalue weighted by atomic mass is 10.3. The highest BCUT2D eigenvalue weighted by atomic mass is 127. The largest absolute Gasteiger partial charge is 0.489 e. The van der Waals surface area contributed by atoms with Gasteiger partial charge in [-0.2, -0.15) is 0 Å². The Labute approximate surface area is 91.4 Å². The Morgan fingerprint density at radius 2 is 2.15 bits per heavy atom. The molecule has 0 aliphatic rings. The lowest BCUT2D eigenvalue weighted by molar-refractivity contribution is 0.146. The van der Waals surface area contributed by atoms with Crippen LogP contribution in [0.3, 0.4) is 0 Å². The molecule has 2 N–H and O–H groups in total. The molecule has 3 nitrogen and oxygen atoms in total. The van der Waals surface area contributed by atoms with Crippen LogP contribution >= 0.6 is 22.6 Å². The van der Waals surface area contributed by atoms with E-state index in [1.165, 1.54) is 0 Å². The lowest BCUT2D eigenvalue weighted by Gasteiger charge is -2.07. The number of ether oxygens (including phenoxy) is 2. The Bertz CT molecular complexity index is 278. The molecule has 4 heteroatoms. The first-order chi connectivity index (χ1) is 6.24. The molecule has 0 aliphatic carbocycles. The zero-order valence-corrected chi connectivity index (χ0v) is 9.58. The summed E-state index contributed by atoms with van der Waals surface area (Å²) in [5, 5.41) is 0. The minimum Gasteiger partial charge on any atom is -0.489 e. The summed E-state index contributed by atoms with van der Waals surface area (Å²) in [5.74, 6) is 0.720. The number of anilines is 1. The minimum atomic E-state index is 0.529. The van der Waals surface area contributed by atoms with Gasteiger partial charge in [-0.25, -0.2) is 0 Å². The van der Waals surface area contributed by atoms with E-state index in [0.717, 1.165) is 9.32 Å². The van der Waals surface area contributed by atoms with Crippen molar-refractivity contribution in [3.05, 3.63) is 21.8 Å². The van der Waals surface area contributed by atoms with E-state index in [9.17, 15) is 0 Å². The SMILES string of the molecule is COCCOc1ccc(I)cc1N. The molecular weight excluding hydrogens is 281 g/mol. The number of halogens is 1. The van der Waals surface area contributed by atoms with Gasteiger partial charge in [0, 0.05) is 10.7 Å². The number of hydrogen-bond acceptors (Lipinski definition) is 3. The summed E-state index contributed by atoms with van der Waals surface area (Å²) in [6.45, 7) is 1.10. The highest BCUT2D eigenvalue weighted by Gasteiger charge is 1.99. The maximum atomic E-state index is 5.73. The van der Waals surface area contributed by atoms with Gasteiger partial charge in [0.25, 0.3) is 0 Å². The van der Waals surface area contributed by atoms with Gasteiger partial charge in [-0.05, 0) is 40.8 Å². The number of rotatable bonds is 4. The highest BCUT2D eigenvalue weighted by Crippen LogP contribution is 2.22. The molecule has 0 saturated heterocycles. The van der Waals surface area contributed by atoms with Crippen LogP contribution in [-0.4, -0.2) is 20.3 Å². The standard InChI is InChI=1S/C9H12INO2/c1-12-4-5-13-9-3-2-7(10)6-8(9)11/h2-3,6H,4-5,11H2,1H3. The van der Waals surface area contributed by atoms with E-state index in [1.807, 2.05) is 18.2 Å². The first kappa shape index (κ1) is 10.6. The van der Waals surface area contributed by atoms with Crippen molar-refractivity contribution in [2.24, 2.45) is 0 Å². The molecule has 13 heavy (non-hydrogen) atoms. The van der Waals surface area contributed by atoms with E-state index in [0.29, 0.717) is 18.9 Å². The average Bonchev–Trinajstić information content (AvgIpc) is 2.09. The summed E-state index contributed by atoms with van der Waals surface area (Å²) in [6.07, 6.45) is 0. The second-order valence-electron chi connectivity index (χ2n) is 2.52. The summed E-state index contributed by atoms with van der Waals surface area (Å²) in [4.78, 5) is 0. The number of nitrogens with two attached hydrogens (primary N) is 1. The Morgan fingerprint density at radius 1 is 1.38 bits per heavy atom. The quantitative estimate of drug-likeness (QED) is 0.524. The van der Waals surface area contributed by atoms with Crippen molar-refractivity contribution in [2.45, 2.75) is 0 Å². The third kappa shape index (κ3) is 3.40. The van der Waals surface area contributed by atoms with E-state index in [4.69, 9.17) is 15.2 Å². The van der Waals surface area contributed by atoms with Gasteiger partial charge in [0.15, 0.2) is 0 Å². The Kier molecular flexibility index (Phi) is 4.31. The van der Waals surface area contributed by atoms with Crippen molar-refractivity contribution in [1.82, 2.24) is 0 Å². The van der Waals surface area contributed by atoms with Gasteiger partial charge in [0.2, 0.25) is 0 Å². The van der Waals surface area contributed by atoms with E-state index >= 15 is 0 Å². The van der Waals surface area contributed by atoms with Crippen LogP contribution in [0.5, 0.6) is 5.75 Å². The number of benzene rings is 1. The van der Waals surface area contributed by atoms with Gasteiger partial charge in [0.05, 0.1) is 12.3 Å². The number of nitrogen functional groups attached to an aromatic ring is 1. The molecule has 0 saturated carbocycles. The molecule has 0 unspecified atom stereocenters. The first-order valence-corrected chi connectivity index (χ1v) is 4.98. The fraction of sp³-hybridized carbons (Fsp3) is 0.333. The topological polar surface area (TPSA) is 44.5 Å². The second-order valence-corrected chi connectivity index (χ2v) is 3.77. The minimum absolute atomic E-state index is 0.529. The molecule has 1 aromatic carbocycles. The van der Waals surface area contributed by atoms with Gasteiger partial charge in [0.1, 0.15) is 12.4 Å². The molecule has 0 aromatic heterocycles. The van der Waals surface area contributed by atoms with E-state index in [2.05, 4.69) is 22.6 Å². The van der Waals surface area contributed by atoms with Crippen molar-refractivity contribution in [1.29, 1.82) is 0 Å². The molecule has 1 aromatic rings. The molecule has 0 aliphatic heterocycles. The maximum Gasteiger partial charge on any atom is 0.142 e. The molecular formula is C9H12INO2. The monoisotopic (exact) mass is 293 g/mol. The summed E-state index contributed by atoms with van der Waals surface area (Å²) >= 11 is 2.21. The summed E-state index contributed by atoms with van der Waals surface area (Å²) in [6, 6.07) is 5.70. The van der Waals surface area contributed by atoms with Crippen molar-refractivity contribution in [2.75, 3.05) is 26.1 Å². The third-order valence-electron chi connectivity index (χ3n) is 1.52. The molecule has 1 rings (SSSR count). The molecule has 72 valence electrons. The van der Waals surface area contributed by atoms with Crippen LogP contribution < -0.4 is 10.5 Å². The van der Waals surface area contributed by atoms with Crippen molar-refractivity contribution < 1.29 is 9.47 Å². The van der Waals surface area contributed by atoms with Gasteiger partial charge < -0.3 is 15.2 Å². The molecule has 0 atom stereocenters. The van der Waals surface area contributed by atoms with E-state index < -0.39 is 0 Å². The van der Waals surface area contributed by atoms with Crippen LogP contribution in [-0.2, 0) is 4.74 Å². The molecule has 0 heterocycles. The predicted molar refractivity (Wildman–Crippen MR) is 60.9 cm³/mol. The lowest BCUT2D eigenvalue weighted by Crippen LogP contribution is -2.05. The van der Waals surface area contributed by atoms with Crippen LogP contribution in [0, 0.1) is 3.57 Å². The van der Waals surface area contributed by atoms with Gasteiger partial charge in [-0.3, -0.25) is 0 Å². The fourth-order valence-electron chi connectivity index (χ4n) is 0.886. The number of hydrogen-bond donors (Lipinski definition) is 1. The van der Waals surface area contributed by atoms with Crippen LogP contribution in [0.2, 0.25) is 0 Å². The zero-order valence-electron chi connectivity index (χ0n) is 7.42. The summed E-state index contributed by atoms with van der Waals surface area (Å²) < 4.78 is 11.3. The van der Waals surface area contributed by atoms with Crippen LogP contribution in [0.1, 0.15) is 0 Å². The molecule has 0 fully saturated rings. The maximum absolute atomic E-state index is 5.73. The highest BCUT2D eigenvalue weighted by molar-refractivity contribution is 14.1. The first-order valence-electron chi connectivity index (χ1n) is 3.91. The van der Waals surface area contributed by atoms with Crippen LogP contribution in [0.25, 0.3) is 0 Å². The Morgan fingerprint density at radius 3 is 2.77 bits per heavy atom. The zero-order chi connectivity index (χ0) is 9.68. The smallest absolute Gasteiger partial charge is 0.142 e. The van der Waals surface area contributed by atoms with Crippen molar-refractivity contribution >= 4 is 28.3 Å². The van der Waals surface area contributed by atoms with Crippen LogP contribution in [0.15, 0.2) is 18.2 Å². The predicted octanol–water partition coefficient (Wildman–Crippen LogP) is 1.90. The molecule has 0 amide bonds. The normalized spacial score (nSPS) is 10.0. The van der Waals surface area contributed by atoms with Crippen molar-refractivity contribution in [3.8, 4) is 5.75 Å². The summed E-state index contributed by atoms with van der Waals surface area (Å²) in [7, 11) is 1.64. The molecule has 0 spiro atoms. The number of methoxy groups -OCH3 is 1. The van der Waals surface area contributed by atoms with Crippen LogP contribution in [0.4, 0.5) is 5.69 Å². The molecule has 0 radical (unpaired) electrons. The van der Waals surface area contributed by atoms with Gasteiger partial charge in [-0.1, -0.05) is 0 Å². The Balaban J connectivity index is 2.56. The molecule has 0 bridgehead atoms. The Hall–Kier alpha value is -0.490. The van der Waals surface area contributed by atoms with Gasteiger partial charge in [-0.15, -0.1) is 0 Å². The van der Waals surface area contributed by atoms with E-state index in [1.54, 1.807) is 7.11 Å². The average molecular weight is 293 g/mol. The van der Waals surface area contributed by atoms with E-state index in [-0.39, 0.29) is 0 Å². The second kappa shape index (κ2) is 5.29. The fourth-order valence-corrected chi connectivity index (χ4v) is 1.40. The van der Waals surface area contributed by atoms with Gasteiger partial charge >= 0.3 is 0 Å². The van der Waals surface area contributed by atoms with Crippen molar-refractivity contribution in [3.63, 3.8) is 0 Å². The third-order valence-corrected chi connectivity index (χ3v) is 2.19. The summed E-state index contributed by atoms with van der Waals surface area (Å²) in [5.41, 5.74) is 6.40.